The second kappa shape index (κ2) is 34.5. The van der Waals surface area contributed by atoms with Gasteiger partial charge in [0.2, 0.25) is 5.91 Å². The molecular formula is C40H79NO6S. The van der Waals surface area contributed by atoms with Crippen LogP contribution in [0.1, 0.15) is 213 Å². The number of aliphatic hydroxyl groups excluding tert-OH is 2. The Morgan fingerprint density at radius 3 is 1.25 bits per heavy atom. The second-order valence-electron chi connectivity index (χ2n) is 14.4. The highest BCUT2D eigenvalue weighted by Gasteiger charge is 2.27. The Labute approximate surface area is 297 Å². The van der Waals surface area contributed by atoms with Gasteiger partial charge in [-0.1, -0.05) is 206 Å². The maximum absolute atomic E-state index is 12.6. The SMILES string of the molecule is CCCCCCCCCCCCCCC/C=C/C(O)C(CS(=O)(=O)O)NC(=O)C(O)CCCCCCCCCCCCCCCCCC. The lowest BCUT2D eigenvalue weighted by Gasteiger charge is -2.22. The fourth-order valence-electron chi connectivity index (χ4n) is 6.40. The first-order chi connectivity index (χ1) is 23.2. The van der Waals surface area contributed by atoms with E-state index < -0.39 is 40.0 Å². The summed E-state index contributed by atoms with van der Waals surface area (Å²) >= 11 is 0. The monoisotopic (exact) mass is 702 g/mol. The molecule has 0 radical (unpaired) electrons. The quantitative estimate of drug-likeness (QED) is 0.0290. The normalized spacial score (nSPS) is 14.0. The molecule has 0 aromatic heterocycles. The fourth-order valence-corrected chi connectivity index (χ4v) is 7.13. The zero-order valence-corrected chi connectivity index (χ0v) is 32.3. The molecule has 0 aromatic rings. The highest BCUT2D eigenvalue weighted by Crippen LogP contribution is 2.16. The van der Waals surface area contributed by atoms with Gasteiger partial charge in [0.15, 0.2) is 0 Å². The number of hydrogen-bond acceptors (Lipinski definition) is 5. The first-order valence-electron chi connectivity index (χ1n) is 20.5. The van der Waals surface area contributed by atoms with E-state index in [9.17, 15) is 28.0 Å². The molecule has 0 heterocycles. The van der Waals surface area contributed by atoms with Gasteiger partial charge in [0.1, 0.15) is 6.10 Å². The lowest BCUT2D eigenvalue weighted by atomic mass is 10.0. The van der Waals surface area contributed by atoms with Gasteiger partial charge in [-0.05, 0) is 19.3 Å². The van der Waals surface area contributed by atoms with Gasteiger partial charge in [-0.25, -0.2) is 0 Å². The predicted molar refractivity (Wildman–Crippen MR) is 204 cm³/mol. The summed E-state index contributed by atoms with van der Waals surface area (Å²) in [5.74, 6) is -1.53. The van der Waals surface area contributed by atoms with Crippen LogP contribution in [0, 0.1) is 0 Å². The van der Waals surface area contributed by atoms with Crippen LogP contribution in [-0.2, 0) is 14.9 Å². The Balaban J connectivity index is 4.02. The minimum Gasteiger partial charge on any atom is -0.387 e. The van der Waals surface area contributed by atoms with E-state index in [2.05, 4.69) is 19.2 Å². The summed E-state index contributed by atoms with van der Waals surface area (Å²) in [4.78, 5) is 12.6. The van der Waals surface area contributed by atoms with E-state index in [1.807, 2.05) is 0 Å². The summed E-state index contributed by atoms with van der Waals surface area (Å²) in [6.07, 6.45) is 38.3. The van der Waals surface area contributed by atoms with Crippen molar-refractivity contribution in [2.45, 2.75) is 231 Å². The summed E-state index contributed by atoms with van der Waals surface area (Å²) in [5, 5.41) is 23.4. The fraction of sp³-hybridized carbons (Fsp3) is 0.925. The summed E-state index contributed by atoms with van der Waals surface area (Å²) in [7, 11) is -4.43. The first-order valence-corrected chi connectivity index (χ1v) is 22.1. The van der Waals surface area contributed by atoms with E-state index >= 15 is 0 Å². The molecule has 0 aromatic carbocycles. The maximum atomic E-state index is 12.6. The third-order valence-corrected chi connectivity index (χ3v) is 10.4. The van der Waals surface area contributed by atoms with Crippen molar-refractivity contribution in [1.29, 1.82) is 0 Å². The number of carbonyl (C=O) groups excluding carboxylic acids is 1. The second-order valence-corrected chi connectivity index (χ2v) is 15.9. The van der Waals surface area contributed by atoms with Crippen molar-refractivity contribution in [2.75, 3.05) is 5.75 Å². The molecular weight excluding hydrogens is 623 g/mol. The van der Waals surface area contributed by atoms with Crippen molar-refractivity contribution < 1.29 is 28.0 Å². The average molecular weight is 702 g/mol. The molecule has 0 rings (SSSR count). The molecule has 0 saturated carbocycles. The summed E-state index contributed by atoms with van der Waals surface area (Å²) in [6, 6.07) is -1.23. The topological polar surface area (TPSA) is 124 Å². The third-order valence-electron chi connectivity index (χ3n) is 9.57. The van der Waals surface area contributed by atoms with Gasteiger partial charge in [-0.15, -0.1) is 0 Å². The van der Waals surface area contributed by atoms with E-state index in [1.54, 1.807) is 6.08 Å². The zero-order chi connectivity index (χ0) is 35.6. The molecule has 7 nitrogen and oxygen atoms in total. The van der Waals surface area contributed by atoms with Crippen LogP contribution in [0.25, 0.3) is 0 Å². The number of amides is 1. The van der Waals surface area contributed by atoms with Crippen LogP contribution >= 0.6 is 0 Å². The van der Waals surface area contributed by atoms with Crippen LogP contribution in [0.15, 0.2) is 12.2 Å². The van der Waals surface area contributed by atoms with Crippen LogP contribution < -0.4 is 5.32 Å². The van der Waals surface area contributed by atoms with Crippen molar-refractivity contribution in [3.63, 3.8) is 0 Å². The molecule has 3 unspecified atom stereocenters. The standard InChI is InChI=1S/C40H79NO6S/c1-3-5-7-9-11-13-15-17-19-21-23-25-27-29-31-33-35-39(43)40(44)41-37(36-48(45,46)47)38(42)34-32-30-28-26-24-22-20-18-16-14-12-10-8-6-4-2/h32,34,37-39,42-43H,3-31,33,35-36H2,1-2H3,(H,41,44)(H,45,46,47)/b34-32+. The summed E-state index contributed by atoms with van der Waals surface area (Å²) < 4.78 is 32.5. The number of unbranched alkanes of at least 4 members (excludes halogenated alkanes) is 28. The van der Waals surface area contributed by atoms with E-state index in [0.717, 1.165) is 38.5 Å². The molecule has 0 fully saturated rings. The summed E-state index contributed by atoms with van der Waals surface area (Å²) in [5.41, 5.74) is 0. The molecule has 0 saturated heterocycles. The number of aliphatic hydroxyl groups is 2. The Kier molecular flexibility index (Phi) is 33.8. The van der Waals surface area contributed by atoms with Gasteiger partial charge < -0.3 is 15.5 Å². The number of hydrogen-bond donors (Lipinski definition) is 4. The van der Waals surface area contributed by atoms with Crippen molar-refractivity contribution in [2.24, 2.45) is 0 Å². The van der Waals surface area contributed by atoms with Gasteiger partial charge in [-0.3, -0.25) is 9.35 Å². The molecule has 3 atom stereocenters. The van der Waals surface area contributed by atoms with Crippen LogP contribution in [0.2, 0.25) is 0 Å². The largest absolute Gasteiger partial charge is 0.387 e. The molecule has 0 aliphatic heterocycles. The smallest absolute Gasteiger partial charge is 0.267 e. The van der Waals surface area contributed by atoms with Gasteiger partial charge in [-0.2, -0.15) is 8.42 Å². The van der Waals surface area contributed by atoms with E-state index in [-0.39, 0.29) is 6.42 Å². The molecule has 0 aliphatic carbocycles. The van der Waals surface area contributed by atoms with Gasteiger partial charge >= 0.3 is 0 Å². The number of rotatable bonds is 37. The van der Waals surface area contributed by atoms with Gasteiger partial charge in [0, 0.05) is 0 Å². The van der Waals surface area contributed by atoms with Crippen LogP contribution in [0.3, 0.4) is 0 Å². The van der Waals surface area contributed by atoms with Crippen molar-refractivity contribution >= 4 is 16.0 Å². The van der Waals surface area contributed by atoms with Gasteiger partial charge in [0.05, 0.1) is 17.9 Å². The molecule has 1 amide bonds. The van der Waals surface area contributed by atoms with E-state index in [1.165, 1.54) is 154 Å². The molecule has 48 heavy (non-hydrogen) atoms. The third kappa shape index (κ3) is 33.5. The summed E-state index contributed by atoms with van der Waals surface area (Å²) in [6.45, 7) is 4.51. The first kappa shape index (κ1) is 47.0. The molecule has 286 valence electrons. The van der Waals surface area contributed by atoms with Crippen molar-refractivity contribution in [3.8, 4) is 0 Å². The lowest BCUT2D eigenvalue weighted by molar-refractivity contribution is -0.130. The minimum atomic E-state index is -4.43. The van der Waals surface area contributed by atoms with Crippen LogP contribution in [0.4, 0.5) is 0 Å². The zero-order valence-electron chi connectivity index (χ0n) is 31.5. The van der Waals surface area contributed by atoms with Crippen molar-refractivity contribution in [1.82, 2.24) is 5.32 Å². The Bertz CT molecular complexity index is 834. The van der Waals surface area contributed by atoms with Crippen LogP contribution in [-0.4, -0.2) is 53.1 Å². The molecule has 0 spiro atoms. The highest BCUT2D eigenvalue weighted by molar-refractivity contribution is 7.85. The highest BCUT2D eigenvalue weighted by atomic mass is 32.2. The number of nitrogens with one attached hydrogen (secondary N) is 1. The van der Waals surface area contributed by atoms with Crippen molar-refractivity contribution in [3.05, 3.63) is 12.2 Å². The molecule has 4 N–H and O–H groups in total. The Morgan fingerprint density at radius 1 is 0.562 bits per heavy atom. The number of allylic oxidation sites excluding steroid dienone is 1. The predicted octanol–water partition coefficient (Wildman–Crippen LogP) is 10.8. The Morgan fingerprint density at radius 2 is 0.896 bits per heavy atom. The minimum absolute atomic E-state index is 0.286. The Hall–Kier alpha value is -0.960. The van der Waals surface area contributed by atoms with Crippen LogP contribution in [0.5, 0.6) is 0 Å². The van der Waals surface area contributed by atoms with E-state index in [0.29, 0.717) is 6.42 Å². The number of carbonyl (C=O) groups is 1. The molecule has 8 heteroatoms. The molecule has 0 bridgehead atoms. The van der Waals surface area contributed by atoms with E-state index in [4.69, 9.17) is 0 Å². The molecule has 0 aliphatic rings. The average Bonchev–Trinajstić information content (AvgIpc) is 3.05. The van der Waals surface area contributed by atoms with Gasteiger partial charge in [0.25, 0.3) is 10.1 Å². The lowest BCUT2D eigenvalue weighted by Crippen LogP contribution is -2.50. The maximum Gasteiger partial charge on any atom is 0.267 e.